The van der Waals surface area contributed by atoms with Gasteiger partial charge in [-0.3, -0.25) is 14.5 Å². The number of ketones is 1. The van der Waals surface area contributed by atoms with Gasteiger partial charge in [-0.15, -0.1) is 0 Å². The van der Waals surface area contributed by atoms with Crippen LogP contribution < -0.4 is 20.0 Å². The van der Waals surface area contributed by atoms with E-state index in [1.165, 1.54) is 39.3 Å². The van der Waals surface area contributed by atoms with Crippen LogP contribution >= 0.6 is 11.6 Å². The number of sulfonamides is 1. The summed E-state index contributed by atoms with van der Waals surface area (Å²) in [6.07, 6.45) is 0. The lowest BCUT2D eigenvalue weighted by molar-refractivity contribution is 0.101. The Labute approximate surface area is 164 Å². The molecule has 0 saturated carbocycles. The van der Waals surface area contributed by atoms with Crippen molar-refractivity contribution in [2.75, 3.05) is 18.9 Å². The number of halogens is 1. The monoisotopic (exact) mass is 426 g/mol. The van der Waals surface area contributed by atoms with Gasteiger partial charge in [0.15, 0.2) is 22.9 Å². The number of methoxy groups -OCH3 is 2. The van der Waals surface area contributed by atoms with Crippen molar-refractivity contribution < 1.29 is 27.1 Å². The highest BCUT2D eigenvalue weighted by Gasteiger charge is 2.24. The van der Waals surface area contributed by atoms with E-state index in [1.807, 2.05) is 0 Å². The summed E-state index contributed by atoms with van der Waals surface area (Å²) in [5, 5.41) is -0.137. The normalized spacial score (nSPS) is 11.4. The number of nitrogens with one attached hydrogen (secondary N) is 2. The molecule has 2 N–H and O–H groups in total. The van der Waals surface area contributed by atoms with Crippen molar-refractivity contribution >= 4 is 44.2 Å². The van der Waals surface area contributed by atoms with E-state index in [0.717, 1.165) is 6.07 Å². The first-order valence-electron chi connectivity index (χ1n) is 7.78. The number of ether oxygens (including phenoxy) is 2. The smallest absolute Gasteiger partial charge is 0.417 e. The van der Waals surface area contributed by atoms with E-state index < -0.39 is 21.6 Å². The van der Waals surface area contributed by atoms with Gasteiger partial charge in [-0.05, 0) is 19.1 Å². The van der Waals surface area contributed by atoms with Crippen molar-refractivity contribution in [3.63, 3.8) is 0 Å². The third kappa shape index (κ3) is 3.56. The summed E-state index contributed by atoms with van der Waals surface area (Å²) in [6.45, 7) is 1.28. The molecule has 3 rings (SSSR count). The molecule has 1 aromatic heterocycles. The van der Waals surface area contributed by atoms with Gasteiger partial charge in [0, 0.05) is 17.7 Å². The van der Waals surface area contributed by atoms with Crippen LogP contribution in [0, 0.1) is 0 Å². The van der Waals surface area contributed by atoms with Crippen molar-refractivity contribution in [1.29, 1.82) is 0 Å². The molecule has 0 amide bonds. The standard InChI is InChI=1S/C17H15ClN2O7S/c1-8(21)9-4-14(25-2)15(26-3)6-11(9)20-28(23,24)16-7-13-12(5-10(16)18)19-17(22)27-13/h4-7,20H,1-3H3,(H,19,22). The number of Topliss-reactive ketones (excluding diaryl/α,β-unsaturated/α-hetero) is 1. The molecular formula is C17H15ClN2O7S. The fourth-order valence-corrected chi connectivity index (χ4v) is 4.23. The van der Waals surface area contributed by atoms with Crippen LogP contribution in [0.15, 0.2) is 38.4 Å². The first-order valence-corrected chi connectivity index (χ1v) is 9.64. The van der Waals surface area contributed by atoms with Gasteiger partial charge in [0.2, 0.25) is 0 Å². The maximum atomic E-state index is 12.9. The average molecular weight is 427 g/mol. The molecule has 0 bridgehead atoms. The molecule has 0 aliphatic heterocycles. The Bertz CT molecular complexity index is 1240. The minimum absolute atomic E-state index is 0.0168. The van der Waals surface area contributed by atoms with E-state index in [9.17, 15) is 18.0 Å². The third-order valence-electron chi connectivity index (χ3n) is 3.91. The molecule has 11 heteroatoms. The van der Waals surface area contributed by atoms with Gasteiger partial charge in [-0.2, -0.15) is 0 Å². The van der Waals surface area contributed by atoms with E-state index in [1.54, 1.807) is 0 Å². The van der Waals surface area contributed by atoms with E-state index in [-0.39, 0.29) is 43.8 Å². The highest BCUT2D eigenvalue weighted by Crippen LogP contribution is 2.35. The van der Waals surface area contributed by atoms with Crippen LogP contribution in [0.4, 0.5) is 5.69 Å². The summed E-state index contributed by atoms with van der Waals surface area (Å²) in [6, 6.07) is 5.08. The molecule has 1 heterocycles. The third-order valence-corrected chi connectivity index (χ3v) is 5.74. The Hall–Kier alpha value is -2.98. The number of aromatic amines is 1. The number of hydrogen-bond acceptors (Lipinski definition) is 7. The molecule has 0 saturated heterocycles. The lowest BCUT2D eigenvalue weighted by Crippen LogP contribution is -2.16. The summed E-state index contributed by atoms with van der Waals surface area (Å²) >= 11 is 6.08. The van der Waals surface area contributed by atoms with Gasteiger partial charge in [-0.25, -0.2) is 13.2 Å². The Kier molecular flexibility index (Phi) is 5.09. The zero-order chi connectivity index (χ0) is 20.6. The summed E-state index contributed by atoms with van der Waals surface area (Å²) in [5.74, 6) is -0.642. The molecule has 0 atom stereocenters. The van der Waals surface area contributed by atoms with Crippen LogP contribution in [0.2, 0.25) is 5.02 Å². The molecule has 0 spiro atoms. The van der Waals surface area contributed by atoms with E-state index in [4.69, 9.17) is 25.5 Å². The Morgan fingerprint density at radius 1 is 1.14 bits per heavy atom. The number of oxazole rings is 1. The van der Waals surface area contributed by atoms with E-state index in [0.29, 0.717) is 0 Å². The predicted octanol–water partition coefficient (Wildman–Crippen LogP) is 2.80. The minimum Gasteiger partial charge on any atom is -0.493 e. The van der Waals surface area contributed by atoms with Gasteiger partial charge in [-0.1, -0.05) is 11.6 Å². The number of carbonyl (C=O) groups is 1. The Morgan fingerprint density at radius 2 is 1.79 bits per heavy atom. The van der Waals surface area contributed by atoms with Crippen LogP contribution in [0.25, 0.3) is 11.1 Å². The first kappa shape index (κ1) is 19.8. The van der Waals surface area contributed by atoms with Crippen molar-refractivity contribution in [2.24, 2.45) is 0 Å². The zero-order valence-corrected chi connectivity index (χ0v) is 16.5. The second kappa shape index (κ2) is 7.21. The van der Waals surface area contributed by atoms with E-state index in [2.05, 4.69) is 9.71 Å². The highest BCUT2D eigenvalue weighted by molar-refractivity contribution is 7.92. The van der Waals surface area contributed by atoms with Gasteiger partial charge in [0.25, 0.3) is 10.0 Å². The second-order valence-corrected chi connectivity index (χ2v) is 7.77. The highest BCUT2D eigenvalue weighted by atomic mass is 35.5. The maximum absolute atomic E-state index is 12.9. The molecule has 2 aromatic carbocycles. The van der Waals surface area contributed by atoms with Crippen molar-refractivity contribution in [1.82, 2.24) is 4.98 Å². The van der Waals surface area contributed by atoms with Gasteiger partial charge < -0.3 is 13.9 Å². The fourth-order valence-electron chi connectivity index (χ4n) is 2.61. The van der Waals surface area contributed by atoms with Crippen LogP contribution in [0.5, 0.6) is 11.5 Å². The molecule has 0 unspecified atom stereocenters. The summed E-state index contributed by atoms with van der Waals surface area (Å²) in [7, 11) is -1.46. The summed E-state index contributed by atoms with van der Waals surface area (Å²) < 4.78 is 43.3. The molecule has 28 heavy (non-hydrogen) atoms. The first-order chi connectivity index (χ1) is 13.2. The topological polar surface area (TPSA) is 128 Å². The molecule has 148 valence electrons. The van der Waals surface area contributed by atoms with Crippen LogP contribution in [-0.2, 0) is 10.0 Å². The number of anilines is 1. The molecule has 0 radical (unpaired) electrons. The number of rotatable bonds is 6. The van der Waals surface area contributed by atoms with Gasteiger partial charge >= 0.3 is 5.76 Å². The average Bonchev–Trinajstić information content (AvgIpc) is 2.98. The quantitative estimate of drug-likeness (QED) is 0.580. The molecule has 9 nitrogen and oxygen atoms in total. The summed E-state index contributed by atoms with van der Waals surface area (Å²) in [5.41, 5.74) is 0.335. The zero-order valence-electron chi connectivity index (χ0n) is 15.0. The second-order valence-electron chi connectivity index (χ2n) is 5.71. The summed E-state index contributed by atoms with van der Waals surface area (Å²) in [4.78, 5) is 25.4. The van der Waals surface area contributed by atoms with Crippen molar-refractivity contribution in [3.05, 3.63) is 45.4 Å². The molecule has 3 aromatic rings. The number of H-pyrrole nitrogens is 1. The number of benzene rings is 2. The van der Waals surface area contributed by atoms with Gasteiger partial charge in [0.1, 0.15) is 4.90 Å². The lowest BCUT2D eigenvalue weighted by atomic mass is 10.1. The SMILES string of the molecule is COc1cc(NS(=O)(=O)c2cc3oc(=O)[nH]c3cc2Cl)c(C(C)=O)cc1OC. The van der Waals surface area contributed by atoms with Crippen molar-refractivity contribution in [2.45, 2.75) is 11.8 Å². The fraction of sp³-hybridized carbons (Fsp3) is 0.176. The number of carbonyl (C=O) groups excluding carboxylic acids is 1. The largest absolute Gasteiger partial charge is 0.493 e. The van der Waals surface area contributed by atoms with Gasteiger partial charge in [0.05, 0.1) is 30.4 Å². The lowest BCUT2D eigenvalue weighted by Gasteiger charge is -2.15. The van der Waals surface area contributed by atoms with Crippen LogP contribution in [0.3, 0.4) is 0 Å². The maximum Gasteiger partial charge on any atom is 0.417 e. The van der Waals surface area contributed by atoms with Crippen LogP contribution in [0.1, 0.15) is 17.3 Å². The number of fused-ring (bicyclic) bond motifs is 1. The predicted molar refractivity (Wildman–Crippen MR) is 102 cm³/mol. The molecule has 0 aliphatic rings. The minimum atomic E-state index is -4.23. The number of aromatic nitrogens is 1. The molecule has 0 fully saturated rings. The Balaban J connectivity index is 2.13. The van der Waals surface area contributed by atoms with E-state index >= 15 is 0 Å². The molecular weight excluding hydrogens is 412 g/mol. The molecule has 0 aliphatic carbocycles. The number of hydrogen-bond donors (Lipinski definition) is 2. The van der Waals surface area contributed by atoms with Crippen LogP contribution in [-0.4, -0.2) is 33.4 Å². The van der Waals surface area contributed by atoms with Crippen molar-refractivity contribution in [3.8, 4) is 11.5 Å². The Morgan fingerprint density at radius 3 is 2.39 bits per heavy atom.